The van der Waals surface area contributed by atoms with Crippen LogP contribution in [0.5, 0.6) is 0 Å². The van der Waals surface area contributed by atoms with Gasteiger partial charge < -0.3 is 9.73 Å². The Kier molecular flexibility index (Phi) is 4.26. The van der Waals surface area contributed by atoms with E-state index in [-0.39, 0.29) is 5.57 Å². The van der Waals surface area contributed by atoms with Crippen LogP contribution in [0.3, 0.4) is 0 Å². The number of hydrogen-bond donors (Lipinski definition) is 1. The molecule has 1 aromatic heterocycles. The third-order valence-corrected chi connectivity index (χ3v) is 4.54. The van der Waals surface area contributed by atoms with E-state index in [1.54, 1.807) is 6.07 Å². The summed E-state index contributed by atoms with van der Waals surface area (Å²) in [7, 11) is 0. The molecule has 1 fully saturated rings. The molecule has 0 saturated heterocycles. The van der Waals surface area contributed by atoms with Crippen LogP contribution in [0.2, 0.25) is 0 Å². The van der Waals surface area contributed by atoms with Crippen LogP contribution in [0.15, 0.2) is 40.3 Å². The predicted octanol–water partition coefficient (Wildman–Crippen LogP) is 4.57. The second-order valence-electron chi connectivity index (χ2n) is 6.48. The molecule has 1 amide bonds. The van der Waals surface area contributed by atoms with E-state index in [1.165, 1.54) is 6.08 Å². The number of carbonyl (C=O) groups is 1. The maximum atomic E-state index is 12.3. The summed E-state index contributed by atoms with van der Waals surface area (Å²) >= 11 is 0. The molecule has 3 rings (SSSR count). The van der Waals surface area contributed by atoms with Gasteiger partial charge in [0.15, 0.2) is 0 Å². The van der Waals surface area contributed by atoms with Crippen molar-refractivity contribution in [2.24, 2.45) is 5.92 Å². The Balaban J connectivity index is 1.75. The first-order valence-corrected chi connectivity index (χ1v) is 8.08. The highest BCUT2D eigenvalue weighted by molar-refractivity contribution is 6.09. The van der Waals surface area contributed by atoms with E-state index in [9.17, 15) is 10.1 Å². The average molecular weight is 320 g/mol. The predicted molar refractivity (Wildman–Crippen MR) is 93.4 cm³/mol. The van der Waals surface area contributed by atoms with Crippen molar-refractivity contribution in [1.82, 2.24) is 0 Å². The molecule has 1 aromatic carbocycles. The van der Waals surface area contributed by atoms with Crippen molar-refractivity contribution in [3.05, 3.63) is 58.6 Å². The van der Waals surface area contributed by atoms with E-state index >= 15 is 0 Å². The molecular formula is C20H20N2O2. The molecule has 0 spiro atoms. The second kappa shape index (κ2) is 6.37. The number of anilines is 1. The Morgan fingerprint density at radius 1 is 1.29 bits per heavy atom. The molecule has 2 atom stereocenters. The maximum absolute atomic E-state index is 12.3. The van der Waals surface area contributed by atoms with Gasteiger partial charge in [-0.05, 0) is 61.6 Å². The Morgan fingerprint density at radius 3 is 2.67 bits per heavy atom. The zero-order chi connectivity index (χ0) is 17.3. The SMILES string of the molecule is Cc1ccc(NC(=O)/C(C#N)=C/c2ccc([C@H]3C[C@H]3C)o2)cc1C. The number of carbonyl (C=O) groups excluding carboxylic acids is 1. The third-order valence-electron chi connectivity index (χ3n) is 4.54. The van der Waals surface area contributed by atoms with Gasteiger partial charge in [0, 0.05) is 17.7 Å². The van der Waals surface area contributed by atoms with Gasteiger partial charge in [0.1, 0.15) is 23.2 Å². The average Bonchev–Trinajstić information content (AvgIpc) is 3.09. The van der Waals surface area contributed by atoms with Crippen LogP contribution in [0.4, 0.5) is 5.69 Å². The Morgan fingerprint density at radius 2 is 2.04 bits per heavy atom. The molecule has 1 saturated carbocycles. The van der Waals surface area contributed by atoms with Crippen molar-refractivity contribution in [2.45, 2.75) is 33.1 Å². The summed E-state index contributed by atoms with van der Waals surface area (Å²) in [5.74, 6) is 2.16. The second-order valence-corrected chi connectivity index (χ2v) is 6.48. The molecule has 24 heavy (non-hydrogen) atoms. The molecule has 1 heterocycles. The summed E-state index contributed by atoms with van der Waals surface area (Å²) in [4.78, 5) is 12.3. The number of rotatable bonds is 4. The van der Waals surface area contributed by atoms with Crippen LogP contribution in [-0.4, -0.2) is 5.91 Å². The first-order chi connectivity index (χ1) is 11.5. The zero-order valence-electron chi connectivity index (χ0n) is 14.1. The van der Waals surface area contributed by atoms with Gasteiger partial charge in [-0.2, -0.15) is 5.26 Å². The Hall–Kier alpha value is -2.80. The van der Waals surface area contributed by atoms with Gasteiger partial charge in [0.25, 0.3) is 5.91 Å². The van der Waals surface area contributed by atoms with Crippen LogP contribution in [-0.2, 0) is 4.79 Å². The van der Waals surface area contributed by atoms with E-state index in [0.717, 1.165) is 23.3 Å². The number of nitrogens with zero attached hydrogens (tertiary/aromatic N) is 1. The summed E-state index contributed by atoms with van der Waals surface area (Å²) in [6.07, 6.45) is 2.63. The number of nitrogens with one attached hydrogen (secondary N) is 1. The molecule has 122 valence electrons. The van der Waals surface area contributed by atoms with Crippen LogP contribution < -0.4 is 5.32 Å². The van der Waals surface area contributed by atoms with Gasteiger partial charge in [0.05, 0.1) is 0 Å². The smallest absolute Gasteiger partial charge is 0.266 e. The monoisotopic (exact) mass is 320 g/mol. The minimum absolute atomic E-state index is 0.0259. The van der Waals surface area contributed by atoms with E-state index in [2.05, 4.69) is 12.2 Å². The molecule has 1 aliphatic carbocycles. The number of nitriles is 1. The lowest BCUT2D eigenvalue weighted by Gasteiger charge is -2.06. The molecule has 1 N–H and O–H groups in total. The number of aryl methyl sites for hydroxylation is 2. The van der Waals surface area contributed by atoms with Gasteiger partial charge in [0.2, 0.25) is 0 Å². The number of hydrogen-bond acceptors (Lipinski definition) is 3. The van der Waals surface area contributed by atoms with Crippen molar-refractivity contribution in [2.75, 3.05) is 5.32 Å². The molecular weight excluding hydrogens is 300 g/mol. The minimum atomic E-state index is -0.432. The lowest BCUT2D eigenvalue weighted by Crippen LogP contribution is -2.13. The highest BCUT2D eigenvalue weighted by Gasteiger charge is 2.36. The van der Waals surface area contributed by atoms with Crippen LogP contribution >= 0.6 is 0 Å². The lowest BCUT2D eigenvalue weighted by atomic mass is 10.1. The highest BCUT2D eigenvalue weighted by Crippen LogP contribution is 2.47. The molecule has 0 bridgehead atoms. The zero-order valence-corrected chi connectivity index (χ0v) is 14.1. The minimum Gasteiger partial charge on any atom is -0.461 e. The molecule has 0 radical (unpaired) electrons. The largest absolute Gasteiger partial charge is 0.461 e. The topological polar surface area (TPSA) is 66.0 Å². The van der Waals surface area contributed by atoms with Crippen LogP contribution in [0.1, 0.15) is 41.9 Å². The molecule has 4 heteroatoms. The summed E-state index contributed by atoms with van der Waals surface area (Å²) in [6.45, 7) is 6.17. The first-order valence-electron chi connectivity index (χ1n) is 8.08. The van der Waals surface area contributed by atoms with Crippen LogP contribution in [0, 0.1) is 31.1 Å². The summed E-state index contributed by atoms with van der Waals surface area (Å²) in [5.41, 5.74) is 2.94. The van der Waals surface area contributed by atoms with Gasteiger partial charge in [-0.1, -0.05) is 13.0 Å². The standard InChI is InChI=1S/C20H20N2O2/c1-12-4-5-16(8-13(12)2)22-20(23)15(11-21)10-17-6-7-19(24-17)18-9-14(18)3/h4-8,10,14,18H,9H2,1-3H3,(H,22,23)/b15-10+/t14-,18+/m1/s1. The Bertz CT molecular complexity index is 855. The molecule has 1 aliphatic rings. The molecule has 4 nitrogen and oxygen atoms in total. The van der Waals surface area contributed by atoms with E-state index in [0.29, 0.717) is 23.3 Å². The van der Waals surface area contributed by atoms with Crippen molar-refractivity contribution < 1.29 is 9.21 Å². The van der Waals surface area contributed by atoms with E-state index in [1.807, 2.05) is 44.2 Å². The maximum Gasteiger partial charge on any atom is 0.266 e. The van der Waals surface area contributed by atoms with E-state index < -0.39 is 5.91 Å². The fourth-order valence-corrected chi connectivity index (χ4v) is 2.67. The van der Waals surface area contributed by atoms with Gasteiger partial charge in [-0.3, -0.25) is 4.79 Å². The first kappa shape index (κ1) is 16.1. The summed E-state index contributed by atoms with van der Waals surface area (Å²) in [6, 6.07) is 11.3. The molecule has 2 aromatic rings. The Labute approximate surface area is 141 Å². The fraction of sp³-hybridized carbons (Fsp3) is 0.300. The molecule has 0 aliphatic heterocycles. The van der Waals surface area contributed by atoms with E-state index in [4.69, 9.17) is 4.42 Å². The fourth-order valence-electron chi connectivity index (χ4n) is 2.67. The van der Waals surface area contributed by atoms with Crippen LogP contribution in [0.25, 0.3) is 6.08 Å². The summed E-state index contributed by atoms with van der Waals surface area (Å²) in [5, 5.41) is 12.0. The number of furan rings is 1. The lowest BCUT2D eigenvalue weighted by molar-refractivity contribution is -0.112. The molecule has 0 unspecified atom stereocenters. The third kappa shape index (κ3) is 3.41. The van der Waals surface area contributed by atoms with Crippen molar-refractivity contribution in [3.63, 3.8) is 0 Å². The quantitative estimate of drug-likeness (QED) is 0.663. The van der Waals surface area contributed by atoms with Crippen molar-refractivity contribution in [3.8, 4) is 6.07 Å². The summed E-state index contributed by atoms with van der Waals surface area (Å²) < 4.78 is 5.74. The number of benzene rings is 1. The van der Waals surface area contributed by atoms with Gasteiger partial charge in [-0.15, -0.1) is 0 Å². The number of amides is 1. The highest BCUT2D eigenvalue weighted by atomic mass is 16.3. The van der Waals surface area contributed by atoms with Crippen molar-refractivity contribution in [1.29, 1.82) is 5.26 Å². The van der Waals surface area contributed by atoms with Gasteiger partial charge in [-0.25, -0.2) is 0 Å². The normalized spacial score (nSPS) is 19.7. The van der Waals surface area contributed by atoms with Gasteiger partial charge >= 0.3 is 0 Å². The van der Waals surface area contributed by atoms with Crippen molar-refractivity contribution >= 4 is 17.7 Å².